The summed E-state index contributed by atoms with van der Waals surface area (Å²) in [5.41, 5.74) is 4.66. The quantitative estimate of drug-likeness (QED) is 0.611. The molecule has 2 aromatic rings. The van der Waals surface area contributed by atoms with Gasteiger partial charge in [-0.2, -0.15) is 0 Å². The van der Waals surface area contributed by atoms with Gasteiger partial charge in [0, 0.05) is 10.5 Å². The van der Waals surface area contributed by atoms with Crippen LogP contribution in [-0.2, 0) is 11.3 Å². The molecule has 3 rings (SSSR count). The molecule has 5 nitrogen and oxygen atoms in total. The Kier molecular flexibility index (Phi) is 6.87. The summed E-state index contributed by atoms with van der Waals surface area (Å²) in [6.07, 6.45) is 2.03. The largest absolute Gasteiger partial charge is 1.00 e. The van der Waals surface area contributed by atoms with Crippen LogP contribution in [0.1, 0.15) is 11.1 Å². The van der Waals surface area contributed by atoms with Crippen molar-refractivity contribution in [1.29, 1.82) is 0 Å². The van der Waals surface area contributed by atoms with Crippen LogP contribution in [0, 0.1) is 0 Å². The third-order valence-electron chi connectivity index (χ3n) is 3.93. The second-order valence-corrected chi connectivity index (χ2v) is 6.38. The monoisotopic (exact) mass is 377 g/mol. The lowest BCUT2D eigenvalue weighted by Crippen LogP contribution is -3.15. The first-order chi connectivity index (χ1) is 11.7. The van der Waals surface area contributed by atoms with Crippen molar-refractivity contribution in [2.24, 2.45) is 5.10 Å². The van der Waals surface area contributed by atoms with Crippen LogP contribution in [0.25, 0.3) is 0 Å². The molecule has 0 spiro atoms. The topological polar surface area (TPSA) is 55.1 Å². The van der Waals surface area contributed by atoms with Gasteiger partial charge in [-0.1, -0.05) is 30.3 Å². The number of methoxy groups -OCH3 is 1. The molecular formula is C18H20ClN3O2S. The van der Waals surface area contributed by atoms with E-state index in [0.29, 0.717) is 13.1 Å². The molecule has 0 aliphatic carbocycles. The van der Waals surface area contributed by atoms with Crippen LogP contribution in [0.5, 0.6) is 5.75 Å². The molecular weight excluding hydrogens is 358 g/mol. The van der Waals surface area contributed by atoms with E-state index in [1.165, 1.54) is 0 Å². The normalized spacial score (nSPS) is 16.5. The Morgan fingerprint density at radius 1 is 1.24 bits per heavy atom. The number of nitrogens with one attached hydrogen (secondary N) is 2. The molecule has 1 aliphatic rings. The Balaban J connectivity index is 0.00000225. The molecule has 1 atom stereocenters. The van der Waals surface area contributed by atoms with Crippen molar-refractivity contribution in [3.63, 3.8) is 0 Å². The molecule has 132 valence electrons. The molecule has 7 heteroatoms. The summed E-state index contributed by atoms with van der Waals surface area (Å²) in [6, 6.07) is 16.2. The van der Waals surface area contributed by atoms with Crippen LogP contribution in [-0.4, -0.2) is 31.7 Å². The van der Waals surface area contributed by atoms with Crippen molar-refractivity contribution < 1.29 is 26.8 Å². The minimum atomic E-state index is -0.0793. The van der Waals surface area contributed by atoms with Crippen LogP contribution in [0.2, 0.25) is 0 Å². The first-order valence-corrected chi connectivity index (χ1v) is 8.91. The summed E-state index contributed by atoms with van der Waals surface area (Å²) >= 11 is 1.66. The lowest BCUT2D eigenvalue weighted by molar-refractivity contribution is -0.812. The van der Waals surface area contributed by atoms with Crippen LogP contribution >= 0.6 is 11.8 Å². The van der Waals surface area contributed by atoms with Crippen LogP contribution in [0.15, 0.2) is 58.5 Å². The number of halogens is 1. The van der Waals surface area contributed by atoms with Gasteiger partial charge < -0.3 is 17.1 Å². The van der Waals surface area contributed by atoms with E-state index in [4.69, 9.17) is 4.74 Å². The summed E-state index contributed by atoms with van der Waals surface area (Å²) < 4.78 is 5.55. The van der Waals surface area contributed by atoms with E-state index in [9.17, 15) is 4.79 Å². The van der Waals surface area contributed by atoms with E-state index in [2.05, 4.69) is 22.7 Å². The maximum atomic E-state index is 11.8. The van der Waals surface area contributed by atoms with Gasteiger partial charge in [0.1, 0.15) is 12.3 Å². The highest BCUT2D eigenvalue weighted by molar-refractivity contribution is 7.98. The van der Waals surface area contributed by atoms with E-state index >= 15 is 0 Å². The smallest absolute Gasteiger partial charge is 0.295 e. The zero-order valence-electron chi connectivity index (χ0n) is 14.1. The molecule has 0 fully saturated rings. The van der Waals surface area contributed by atoms with E-state index in [0.717, 1.165) is 32.5 Å². The highest BCUT2D eigenvalue weighted by Gasteiger charge is 2.29. The number of nitrogens with zero attached hydrogens (tertiary/aromatic N) is 1. The van der Waals surface area contributed by atoms with Gasteiger partial charge in [0.2, 0.25) is 0 Å². The second kappa shape index (κ2) is 8.89. The summed E-state index contributed by atoms with van der Waals surface area (Å²) in [7, 11) is 1.65. The fourth-order valence-corrected chi connectivity index (χ4v) is 3.18. The van der Waals surface area contributed by atoms with Crippen molar-refractivity contribution >= 4 is 23.5 Å². The van der Waals surface area contributed by atoms with E-state index < -0.39 is 0 Å². The minimum Gasteiger partial charge on any atom is -1.00 e. The molecule has 1 heterocycles. The van der Waals surface area contributed by atoms with Gasteiger partial charge in [0.05, 0.1) is 12.7 Å². The Hall–Kier alpha value is -2.02. The first-order valence-electron chi connectivity index (χ1n) is 7.69. The predicted octanol–water partition coefficient (Wildman–Crippen LogP) is -1.70. The summed E-state index contributed by atoms with van der Waals surface area (Å²) in [5, 5.41) is 4.32. The number of ether oxygens (including phenoxy) is 1. The minimum absolute atomic E-state index is 0. The summed E-state index contributed by atoms with van der Waals surface area (Å²) in [6.45, 7) is 1.04. The number of thioether (sulfide) groups is 1. The number of carbonyl (C=O) groups is 1. The lowest BCUT2D eigenvalue weighted by atomic mass is 10.1. The molecule has 0 saturated heterocycles. The summed E-state index contributed by atoms with van der Waals surface area (Å²) in [5.74, 6) is 1.48. The number of rotatable bonds is 5. The number of hydrogen-bond donors (Lipinski definition) is 2. The van der Waals surface area contributed by atoms with E-state index in [1.807, 2.05) is 42.7 Å². The fraction of sp³-hybridized carbons (Fsp3) is 0.222. The molecule has 0 radical (unpaired) electrons. The molecule has 1 aliphatic heterocycles. The average molecular weight is 378 g/mol. The third kappa shape index (κ3) is 4.54. The SMILES string of the molecule is COc1cc(SC)ccc1C1=NNC(=O)C[NH+]1Cc1ccccc1.[Cl-]. The highest BCUT2D eigenvalue weighted by atomic mass is 35.5. The number of benzene rings is 2. The Morgan fingerprint density at radius 3 is 2.68 bits per heavy atom. The van der Waals surface area contributed by atoms with Gasteiger partial charge in [0.15, 0.2) is 6.54 Å². The standard InChI is InChI=1S/C18H19N3O2S.ClH/c1-23-16-10-14(24-2)8-9-15(16)18-20-19-17(22)12-21(18)11-13-6-4-3-5-7-13;/h3-10H,11-12H2,1-2H3,(H,19,22);1H. The highest BCUT2D eigenvalue weighted by Crippen LogP contribution is 2.25. The number of amidine groups is 1. The Morgan fingerprint density at radius 2 is 2.00 bits per heavy atom. The van der Waals surface area contributed by atoms with Gasteiger partial charge in [-0.3, -0.25) is 9.69 Å². The second-order valence-electron chi connectivity index (χ2n) is 5.50. The number of carbonyl (C=O) groups excluding carboxylic acids is 1. The van der Waals surface area contributed by atoms with Crippen molar-refractivity contribution in [3.05, 3.63) is 59.7 Å². The maximum Gasteiger partial charge on any atom is 0.295 e. The third-order valence-corrected chi connectivity index (χ3v) is 4.65. The Labute approximate surface area is 157 Å². The number of amides is 1. The lowest BCUT2D eigenvalue weighted by Gasteiger charge is -2.24. The van der Waals surface area contributed by atoms with Gasteiger partial charge in [0.25, 0.3) is 11.7 Å². The average Bonchev–Trinajstić information content (AvgIpc) is 2.62. The van der Waals surface area contributed by atoms with Crippen LogP contribution < -0.4 is 27.5 Å². The van der Waals surface area contributed by atoms with Crippen molar-refractivity contribution in [2.45, 2.75) is 11.4 Å². The zero-order valence-corrected chi connectivity index (χ0v) is 15.7. The van der Waals surface area contributed by atoms with Gasteiger partial charge >= 0.3 is 0 Å². The van der Waals surface area contributed by atoms with Crippen molar-refractivity contribution in [3.8, 4) is 5.75 Å². The fourth-order valence-electron chi connectivity index (χ4n) is 2.75. The summed E-state index contributed by atoms with van der Waals surface area (Å²) in [4.78, 5) is 13.9. The first kappa shape index (κ1) is 19.3. The molecule has 1 unspecified atom stereocenters. The molecule has 25 heavy (non-hydrogen) atoms. The van der Waals surface area contributed by atoms with Crippen molar-refractivity contribution in [2.75, 3.05) is 19.9 Å². The van der Waals surface area contributed by atoms with E-state index in [1.54, 1.807) is 18.9 Å². The molecule has 2 N–H and O–H groups in total. The maximum absolute atomic E-state index is 11.8. The van der Waals surface area contributed by atoms with Crippen molar-refractivity contribution in [1.82, 2.24) is 5.43 Å². The van der Waals surface area contributed by atoms with Crippen LogP contribution in [0.4, 0.5) is 0 Å². The number of quaternary nitrogens is 1. The molecule has 0 saturated carbocycles. The van der Waals surface area contributed by atoms with Gasteiger partial charge in [-0.05, 0) is 24.5 Å². The van der Waals surface area contributed by atoms with Gasteiger partial charge in [-0.15, -0.1) is 16.9 Å². The Bertz CT molecular complexity index is 768. The van der Waals surface area contributed by atoms with Gasteiger partial charge in [-0.25, -0.2) is 5.43 Å². The molecule has 1 amide bonds. The molecule has 0 bridgehead atoms. The zero-order chi connectivity index (χ0) is 16.9. The molecule has 2 aromatic carbocycles. The van der Waals surface area contributed by atoms with Crippen LogP contribution in [0.3, 0.4) is 0 Å². The molecule has 0 aromatic heterocycles. The van der Waals surface area contributed by atoms with E-state index in [-0.39, 0.29) is 18.3 Å². The predicted molar refractivity (Wildman–Crippen MR) is 95.4 cm³/mol. The number of hydrogen-bond acceptors (Lipinski definition) is 4. The number of hydrazone groups is 1.